The lowest BCUT2D eigenvalue weighted by Crippen LogP contribution is -2.39. The minimum atomic E-state index is -4.49. The first-order chi connectivity index (χ1) is 9.69. The Morgan fingerprint density at radius 2 is 1.81 bits per heavy atom. The van der Waals surface area contributed by atoms with Gasteiger partial charge in [-0.05, 0) is 12.0 Å². The van der Waals surface area contributed by atoms with Crippen molar-refractivity contribution in [1.82, 2.24) is 0 Å². The number of ether oxygens (including phenoxy) is 1. The molecule has 21 heavy (non-hydrogen) atoms. The molecule has 0 fully saturated rings. The summed E-state index contributed by atoms with van der Waals surface area (Å²) in [6.07, 6.45) is -3.75. The van der Waals surface area contributed by atoms with Crippen molar-refractivity contribution < 1.29 is 33.8 Å². The van der Waals surface area contributed by atoms with Gasteiger partial charge in [0.2, 0.25) is 6.10 Å². The summed E-state index contributed by atoms with van der Waals surface area (Å²) in [5.74, 6) is -2.61. The Kier molecular flexibility index (Phi) is 5.90. The number of hydrogen-bond donors (Lipinski definition) is 4. The van der Waals surface area contributed by atoms with E-state index in [1.807, 2.05) is 0 Å². The second-order valence-electron chi connectivity index (χ2n) is 4.49. The monoisotopic (exact) mass is 317 g/mol. The molecule has 2 unspecified atom stereocenters. The van der Waals surface area contributed by atoms with Gasteiger partial charge in [0.1, 0.15) is 0 Å². The number of primary amides is 1. The minimum Gasteiger partial charge on any atom is -0.478 e. The van der Waals surface area contributed by atoms with E-state index in [1.165, 1.54) is 0 Å². The Morgan fingerprint density at radius 3 is 2.24 bits per heavy atom. The summed E-state index contributed by atoms with van der Waals surface area (Å²) in [4.78, 5) is 40.1. The van der Waals surface area contributed by atoms with Crippen molar-refractivity contribution in [3.05, 3.63) is 35.9 Å². The molecular formula is C12H16NO7P. The van der Waals surface area contributed by atoms with Crippen molar-refractivity contribution in [2.24, 2.45) is 11.7 Å². The molecule has 0 saturated carbocycles. The maximum Gasteiger partial charge on any atom is 0.405 e. The molecule has 0 aliphatic carbocycles. The lowest BCUT2D eigenvalue weighted by Gasteiger charge is -2.23. The molecule has 116 valence electrons. The maximum atomic E-state index is 11.2. The molecule has 0 saturated heterocycles. The van der Waals surface area contributed by atoms with Crippen molar-refractivity contribution in [1.29, 1.82) is 0 Å². The van der Waals surface area contributed by atoms with E-state index in [9.17, 15) is 14.2 Å². The molecule has 2 atom stereocenters. The largest absolute Gasteiger partial charge is 0.478 e. The minimum absolute atomic E-state index is 0.0240. The van der Waals surface area contributed by atoms with Gasteiger partial charge in [0.15, 0.2) is 0 Å². The van der Waals surface area contributed by atoms with E-state index in [2.05, 4.69) is 4.74 Å². The van der Waals surface area contributed by atoms with E-state index in [0.29, 0.717) is 5.56 Å². The number of carboxylic acids is 1. The SMILES string of the molecule is NC(=O)OC(C(=O)O)C(Cc1ccccc1)CP(=O)(O)O. The molecule has 8 nitrogen and oxygen atoms in total. The predicted molar refractivity (Wildman–Crippen MR) is 72.6 cm³/mol. The van der Waals surface area contributed by atoms with E-state index in [0.717, 1.165) is 0 Å². The molecule has 0 aliphatic rings. The van der Waals surface area contributed by atoms with Crippen molar-refractivity contribution in [2.75, 3.05) is 6.16 Å². The Hall–Kier alpha value is -1.89. The summed E-state index contributed by atoms with van der Waals surface area (Å²) in [5.41, 5.74) is 5.47. The number of carbonyl (C=O) groups excluding carboxylic acids is 1. The molecule has 0 radical (unpaired) electrons. The zero-order chi connectivity index (χ0) is 16.0. The van der Waals surface area contributed by atoms with Crippen molar-refractivity contribution in [3.8, 4) is 0 Å². The maximum absolute atomic E-state index is 11.2. The first-order valence-corrected chi connectivity index (χ1v) is 7.76. The summed E-state index contributed by atoms with van der Waals surface area (Å²) in [6, 6.07) is 8.50. The number of hydrogen-bond acceptors (Lipinski definition) is 4. The fourth-order valence-corrected chi connectivity index (χ4v) is 2.89. The van der Waals surface area contributed by atoms with E-state index < -0.39 is 37.8 Å². The highest BCUT2D eigenvalue weighted by Crippen LogP contribution is 2.39. The summed E-state index contributed by atoms with van der Waals surface area (Å²) in [5, 5.41) is 9.08. The molecule has 1 aromatic rings. The lowest BCUT2D eigenvalue weighted by molar-refractivity contribution is -0.149. The van der Waals surface area contributed by atoms with Crippen LogP contribution in [0.5, 0.6) is 0 Å². The Bertz CT molecular complexity index is 542. The standard InChI is InChI=1S/C12H16NO7P/c13-12(16)20-10(11(14)15)9(7-21(17,18)19)6-8-4-2-1-3-5-8/h1-5,9-10H,6-7H2,(H2,13,16)(H,14,15)(H2,17,18,19). The highest BCUT2D eigenvalue weighted by Gasteiger charge is 2.36. The van der Waals surface area contributed by atoms with Crippen LogP contribution in [0.25, 0.3) is 0 Å². The number of benzene rings is 1. The molecule has 1 rings (SSSR count). The molecule has 0 heterocycles. The third-order valence-electron chi connectivity index (χ3n) is 2.73. The molecule has 0 aliphatic heterocycles. The number of amides is 1. The van der Waals surface area contributed by atoms with Gasteiger partial charge in [0.25, 0.3) is 0 Å². The topological polar surface area (TPSA) is 147 Å². The van der Waals surface area contributed by atoms with E-state index in [-0.39, 0.29) is 6.42 Å². The molecule has 1 aromatic carbocycles. The van der Waals surface area contributed by atoms with Gasteiger partial charge < -0.3 is 25.4 Å². The fourth-order valence-electron chi connectivity index (χ4n) is 1.96. The van der Waals surface area contributed by atoms with Crippen LogP contribution in [0.4, 0.5) is 4.79 Å². The quantitative estimate of drug-likeness (QED) is 0.537. The van der Waals surface area contributed by atoms with Crippen LogP contribution in [0.2, 0.25) is 0 Å². The van der Waals surface area contributed by atoms with E-state index in [1.54, 1.807) is 30.3 Å². The second-order valence-corrected chi connectivity index (χ2v) is 6.19. The fraction of sp³-hybridized carbons (Fsp3) is 0.333. The van der Waals surface area contributed by atoms with Crippen LogP contribution in [0, 0.1) is 5.92 Å². The van der Waals surface area contributed by atoms with Crippen LogP contribution < -0.4 is 5.73 Å². The van der Waals surface area contributed by atoms with Gasteiger partial charge in [0.05, 0.1) is 6.16 Å². The van der Waals surface area contributed by atoms with Crippen LogP contribution in [-0.4, -0.2) is 39.2 Å². The van der Waals surface area contributed by atoms with Crippen molar-refractivity contribution >= 4 is 19.7 Å². The molecule has 1 amide bonds. The second kappa shape index (κ2) is 7.21. The third-order valence-corrected chi connectivity index (χ3v) is 3.67. The molecule has 9 heteroatoms. The Morgan fingerprint density at radius 1 is 1.24 bits per heavy atom. The average Bonchev–Trinajstić information content (AvgIpc) is 2.34. The molecule has 5 N–H and O–H groups in total. The van der Waals surface area contributed by atoms with Gasteiger partial charge in [-0.25, -0.2) is 9.59 Å². The highest BCUT2D eigenvalue weighted by molar-refractivity contribution is 7.51. The van der Waals surface area contributed by atoms with Crippen LogP contribution in [0.1, 0.15) is 5.56 Å². The van der Waals surface area contributed by atoms with Gasteiger partial charge in [-0.3, -0.25) is 4.57 Å². The summed E-state index contributed by atoms with van der Waals surface area (Å²) in [6.45, 7) is 0. The first kappa shape index (κ1) is 17.2. The van der Waals surface area contributed by atoms with E-state index >= 15 is 0 Å². The third kappa shape index (κ3) is 6.40. The molecule has 0 aromatic heterocycles. The number of rotatable bonds is 7. The number of nitrogens with two attached hydrogens (primary N) is 1. The van der Waals surface area contributed by atoms with Gasteiger partial charge in [-0.2, -0.15) is 0 Å². The van der Waals surface area contributed by atoms with Gasteiger partial charge in [-0.15, -0.1) is 0 Å². The molecule has 0 bridgehead atoms. The zero-order valence-corrected chi connectivity index (χ0v) is 11.8. The normalized spacial score (nSPS) is 14.2. The van der Waals surface area contributed by atoms with Gasteiger partial charge >= 0.3 is 19.7 Å². The molecule has 0 spiro atoms. The summed E-state index contributed by atoms with van der Waals surface area (Å²) < 4.78 is 15.7. The van der Waals surface area contributed by atoms with Crippen LogP contribution >= 0.6 is 7.60 Å². The van der Waals surface area contributed by atoms with Gasteiger partial charge in [-0.1, -0.05) is 30.3 Å². The summed E-state index contributed by atoms with van der Waals surface area (Å²) >= 11 is 0. The van der Waals surface area contributed by atoms with Crippen LogP contribution in [-0.2, 0) is 20.5 Å². The zero-order valence-electron chi connectivity index (χ0n) is 11.0. The van der Waals surface area contributed by atoms with Crippen molar-refractivity contribution in [2.45, 2.75) is 12.5 Å². The first-order valence-electron chi connectivity index (χ1n) is 5.96. The van der Waals surface area contributed by atoms with Crippen LogP contribution in [0.15, 0.2) is 30.3 Å². The number of aliphatic carboxylic acids is 1. The summed E-state index contributed by atoms with van der Waals surface area (Å²) in [7, 11) is -4.49. The van der Waals surface area contributed by atoms with Gasteiger partial charge in [0, 0.05) is 5.92 Å². The van der Waals surface area contributed by atoms with Crippen molar-refractivity contribution in [3.63, 3.8) is 0 Å². The Balaban J connectivity index is 3.01. The predicted octanol–water partition coefficient (Wildman–Crippen LogP) is 0.571. The highest BCUT2D eigenvalue weighted by atomic mass is 31.2. The number of carbonyl (C=O) groups is 2. The average molecular weight is 317 g/mol. The lowest BCUT2D eigenvalue weighted by atomic mass is 9.95. The Labute approximate surface area is 120 Å². The van der Waals surface area contributed by atoms with E-state index in [4.69, 9.17) is 20.6 Å². The van der Waals surface area contributed by atoms with Crippen LogP contribution in [0.3, 0.4) is 0 Å². The smallest absolute Gasteiger partial charge is 0.405 e. The molecular weight excluding hydrogens is 301 g/mol. The number of carboxylic acid groups (broad SMARTS) is 1.